The van der Waals surface area contributed by atoms with E-state index in [1.165, 1.54) is 0 Å². The van der Waals surface area contributed by atoms with Gasteiger partial charge >= 0.3 is 0 Å². The Bertz CT molecular complexity index is 635. The molecule has 0 aromatic heterocycles. The molecule has 2 aliphatic rings. The van der Waals surface area contributed by atoms with Gasteiger partial charge in [0, 0.05) is 18.7 Å². The standard InChI is InChI=1S/C15H20N2O2S2/c16-15(20)13-2-1-3-14(8-13)21(18,19)17(9-11-4-5-11)10-12-6-7-12/h1-3,8,11-12H,4-7,9-10H2,(H2,16,20). The minimum absolute atomic E-state index is 0.225. The minimum Gasteiger partial charge on any atom is -0.389 e. The van der Waals surface area contributed by atoms with E-state index in [-0.39, 0.29) is 4.99 Å². The van der Waals surface area contributed by atoms with Gasteiger partial charge in [-0.05, 0) is 49.7 Å². The quantitative estimate of drug-likeness (QED) is 0.781. The van der Waals surface area contributed by atoms with Crippen LogP contribution in [0.15, 0.2) is 29.2 Å². The van der Waals surface area contributed by atoms with Crippen LogP contribution in [0.5, 0.6) is 0 Å². The van der Waals surface area contributed by atoms with Crippen molar-refractivity contribution >= 4 is 27.2 Å². The van der Waals surface area contributed by atoms with Crippen LogP contribution in [0.25, 0.3) is 0 Å². The number of nitrogens with zero attached hydrogens (tertiary/aromatic N) is 1. The number of hydrogen-bond acceptors (Lipinski definition) is 3. The number of thiocarbonyl (C=S) groups is 1. The Labute approximate surface area is 131 Å². The van der Waals surface area contributed by atoms with Crippen LogP contribution < -0.4 is 5.73 Å². The number of sulfonamides is 1. The monoisotopic (exact) mass is 324 g/mol. The molecule has 2 aliphatic carbocycles. The molecule has 1 aromatic rings. The van der Waals surface area contributed by atoms with Crippen LogP contribution in [0.2, 0.25) is 0 Å². The van der Waals surface area contributed by atoms with E-state index < -0.39 is 10.0 Å². The van der Waals surface area contributed by atoms with Crippen LogP contribution in [-0.2, 0) is 10.0 Å². The lowest BCUT2D eigenvalue weighted by atomic mass is 10.2. The van der Waals surface area contributed by atoms with E-state index in [4.69, 9.17) is 18.0 Å². The summed E-state index contributed by atoms with van der Waals surface area (Å²) in [6.45, 7) is 1.30. The Morgan fingerprint density at radius 2 is 1.76 bits per heavy atom. The van der Waals surface area contributed by atoms with Crippen molar-refractivity contribution in [3.63, 3.8) is 0 Å². The van der Waals surface area contributed by atoms with Gasteiger partial charge in [0.1, 0.15) is 4.99 Å². The molecular weight excluding hydrogens is 304 g/mol. The van der Waals surface area contributed by atoms with Gasteiger partial charge in [0.2, 0.25) is 10.0 Å². The normalized spacial score (nSPS) is 18.9. The van der Waals surface area contributed by atoms with Crippen molar-refractivity contribution in [2.45, 2.75) is 30.6 Å². The Balaban J connectivity index is 1.87. The molecule has 1 aromatic carbocycles. The Hall–Kier alpha value is -0.980. The van der Waals surface area contributed by atoms with Gasteiger partial charge in [-0.2, -0.15) is 4.31 Å². The Kier molecular flexibility index (Phi) is 4.03. The summed E-state index contributed by atoms with van der Waals surface area (Å²) < 4.78 is 27.4. The van der Waals surface area contributed by atoms with Crippen molar-refractivity contribution in [3.05, 3.63) is 29.8 Å². The van der Waals surface area contributed by atoms with Gasteiger partial charge in [0.15, 0.2) is 0 Å². The highest BCUT2D eigenvalue weighted by Gasteiger charge is 2.35. The molecule has 4 nitrogen and oxygen atoms in total. The van der Waals surface area contributed by atoms with E-state index in [1.807, 2.05) is 0 Å². The molecule has 0 aliphatic heterocycles. The second-order valence-corrected chi connectivity index (χ2v) is 8.48. The van der Waals surface area contributed by atoms with Crippen LogP contribution in [0.1, 0.15) is 31.2 Å². The molecule has 2 saturated carbocycles. The van der Waals surface area contributed by atoms with Crippen molar-refractivity contribution in [2.75, 3.05) is 13.1 Å². The molecule has 0 bridgehead atoms. The van der Waals surface area contributed by atoms with Crippen LogP contribution in [0.4, 0.5) is 0 Å². The molecule has 3 rings (SSSR count). The first-order chi connectivity index (χ1) is 9.96. The van der Waals surface area contributed by atoms with E-state index in [0.717, 1.165) is 25.7 Å². The fourth-order valence-corrected chi connectivity index (χ4v) is 4.17. The van der Waals surface area contributed by atoms with E-state index >= 15 is 0 Å². The van der Waals surface area contributed by atoms with Crippen molar-refractivity contribution in [1.82, 2.24) is 4.31 Å². The number of hydrogen-bond donors (Lipinski definition) is 1. The summed E-state index contributed by atoms with van der Waals surface area (Å²) in [6, 6.07) is 6.66. The number of rotatable bonds is 7. The highest BCUT2D eigenvalue weighted by molar-refractivity contribution is 7.89. The number of nitrogens with two attached hydrogens (primary N) is 1. The molecule has 2 N–H and O–H groups in total. The first-order valence-corrected chi connectivity index (χ1v) is 9.21. The maximum absolute atomic E-state index is 12.9. The highest BCUT2D eigenvalue weighted by Crippen LogP contribution is 2.36. The molecule has 0 amide bonds. The third-order valence-electron chi connectivity index (χ3n) is 4.07. The Morgan fingerprint density at radius 3 is 2.24 bits per heavy atom. The van der Waals surface area contributed by atoms with Crippen LogP contribution >= 0.6 is 12.2 Å². The number of benzene rings is 1. The fourth-order valence-electron chi connectivity index (χ4n) is 2.41. The Morgan fingerprint density at radius 1 is 1.19 bits per heavy atom. The highest BCUT2D eigenvalue weighted by atomic mass is 32.2. The molecule has 0 saturated heterocycles. The molecule has 114 valence electrons. The molecule has 2 fully saturated rings. The van der Waals surface area contributed by atoms with Gasteiger partial charge in [-0.25, -0.2) is 8.42 Å². The summed E-state index contributed by atoms with van der Waals surface area (Å²) >= 11 is 4.94. The van der Waals surface area contributed by atoms with Gasteiger partial charge in [0.05, 0.1) is 4.90 Å². The SMILES string of the molecule is NC(=S)c1cccc(S(=O)(=O)N(CC2CC2)CC2CC2)c1. The first-order valence-electron chi connectivity index (χ1n) is 7.37. The summed E-state index contributed by atoms with van der Waals surface area (Å²) in [6.07, 6.45) is 4.57. The summed E-state index contributed by atoms with van der Waals surface area (Å²) in [4.78, 5) is 0.525. The minimum atomic E-state index is -3.45. The molecule has 0 unspecified atom stereocenters. The van der Waals surface area contributed by atoms with Crippen molar-refractivity contribution < 1.29 is 8.42 Å². The molecule has 6 heteroatoms. The summed E-state index contributed by atoms with van der Waals surface area (Å²) in [5.41, 5.74) is 6.21. The van der Waals surface area contributed by atoms with Crippen LogP contribution in [0, 0.1) is 11.8 Å². The third kappa shape index (κ3) is 3.62. The lowest BCUT2D eigenvalue weighted by molar-refractivity contribution is 0.382. The van der Waals surface area contributed by atoms with Gasteiger partial charge in [0.25, 0.3) is 0 Å². The molecule has 0 radical (unpaired) electrons. The third-order valence-corrected chi connectivity index (χ3v) is 6.14. The van der Waals surface area contributed by atoms with Gasteiger partial charge in [-0.1, -0.05) is 24.4 Å². The van der Waals surface area contributed by atoms with Gasteiger partial charge < -0.3 is 5.73 Å². The smallest absolute Gasteiger partial charge is 0.243 e. The summed E-state index contributed by atoms with van der Waals surface area (Å²) in [5, 5.41) is 0. The van der Waals surface area contributed by atoms with Crippen LogP contribution in [0.3, 0.4) is 0 Å². The lowest BCUT2D eigenvalue weighted by Gasteiger charge is -2.22. The maximum Gasteiger partial charge on any atom is 0.243 e. The van der Waals surface area contributed by atoms with E-state index in [0.29, 0.717) is 35.4 Å². The molecule has 21 heavy (non-hydrogen) atoms. The second kappa shape index (κ2) is 5.66. The topological polar surface area (TPSA) is 63.4 Å². The fraction of sp³-hybridized carbons (Fsp3) is 0.533. The average Bonchev–Trinajstić information content (AvgIpc) is 3.33. The van der Waals surface area contributed by atoms with Crippen LogP contribution in [-0.4, -0.2) is 30.8 Å². The van der Waals surface area contributed by atoms with Crippen molar-refractivity contribution in [2.24, 2.45) is 17.6 Å². The summed E-state index contributed by atoms with van der Waals surface area (Å²) in [5.74, 6) is 1.08. The predicted molar refractivity (Wildman–Crippen MR) is 86.5 cm³/mol. The van der Waals surface area contributed by atoms with Gasteiger partial charge in [-0.15, -0.1) is 0 Å². The van der Waals surface area contributed by atoms with Crippen molar-refractivity contribution in [1.29, 1.82) is 0 Å². The van der Waals surface area contributed by atoms with Gasteiger partial charge in [-0.3, -0.25) is 0 Å². The zero-order valence-electron chi connectivity index (χ0n) is 11.9. The largest absolute Gasteiger partial charge is 0.389 e. The zero-order valence-corrected chi connectivity index (χ0v) is 13.5. The average molecular weight is 324 g/mol. The zero-order chi connectivity index (χ0) is 15.0. The second-order valence-electron chi connectivity index (χ2n) is 6.10. The molecular formula is C15H20N2O2S2. The molecule has 0 heterocycles. The van der Waals surface area contributed by atoms with E-state index in [1.54, 1.807) is 28.6 Å². The maximum atomic E-state index is 12.9. The van der Waals surface area contributed by atoms with Crippen molar-refractivity contribution in [3.8, 4) is 0 Å². The van der Waals surface area contributed by atoms with E-state index in [9.17, 15) is 8.42 Å². The lowest BCUT2D eigenvalue weighted by Crippen LogP contribution is -2.34. The molecule has 0 spiro atoms. The first kappa shape index (κ1) is 14.9. The summed E-state index contributed by atoms with van der Waals surface area (Å²) in [7, 11) is -3.45. The van der Waals surface area contributed by atoms with E-state index in [2.05, 4.69) is 0 Å². The molecule has 0 atom stereocenters. The predicted octanol–water partition coefficient (Wildman–Crippen LogP) is 2.13.